The Morgan fingerprint density at radius 1 is 1.29 bits per heavy atom. The van der Waals surface area contributed by atoms with Gasteiger partial charge in [0.1, 0.15) is 22.9 Å². The molecule has 3 aliphatic rings. The molecule has 0 unspecified atom stereocenters. The van der Waals surface area contributed by atoms with Crippen LogP contribution in [0.5, 0.6) is 5.75 Å². The number of carbonyl (C=O) groups excluding carboxylic acids is 3. The SMILES string of the molecule is CSCC(=O)N[C@@H]1C(=O)N2C(C(=O)O)=C(/C=C3\CCN(Cc4ccc(O)cc4)C3=O)CS[C@H]12.[H-].[Na+]. The zero-order valence-electron chi connectivity index (χ0n) is 19.8. The van der Waals surface area contributed by atoms with Crippen molar-refractivity contribution in [3.63, 3.8) is 0 Å². The van der Waals surface area contributed by atoms with Crippen molar-refractivity contribution >= 4 is 47.2 Å². The predicted molar refractivity (Wildman–Crippen MR) is 125 cm³/mol. The third-order valence-electron chi connectivity index (χ3n) is 5.66. The molecule has 0 spiro atoms. The minimum absolute atomic E-state index is 0. The Kier molecular flexibility index (Phi) is 8.80. The summed E-state index contributed by atoms with van der Waals surface area (Å²) in [6.07, 6.45) is 3.85. The van der Waals surface area contributed by atoms with E-state index in [0.29, 0.717) is 36.4 Å². The van der Waals surface area contributed by atoms with Crippen LogP contribution in [0.15, 0.2) is 47.2 Å². The number of phenolic OH excluding ortho intramolecular Hbond substituents is 1. The van der Waals surface area contributed by atoms with Gasteiger partial charge in [0.2, 0.25) is 11.8 Å². The van der Waals surface area contributed by atoms with Crippen LogP contribution in [-0.4, -0.2) is 79.4 Å². The topological polar surface area (TPSA) is 127 Å². The first kappa shape index (κ1) is 26.7. The van der Waals surface area contributed by atoms with Crippen LogP contribution in [0.4, 0.5) is 0 Å². The largest absolute Gasteiger partial charge is 1.00 e. The standard InChI is InChI=1S/C22H23N3O6S2.Na.H/c1-32-11-16(27)23-17-20(29)25-18(22(30)31)14(10-33-21(17)25)8-13-6-7-24(19(13)28)9-12-2-4-15(26)5-3-12;;/h2-5,8,17,21,26H,6-7,9-11H2,1H3,(H,23,27)(H,30,31);;/q;+1;-1/b13-8+;;/t17-,21-;;/m1../s1. The number of rotatable bonds is 7. The number of phenols is 1. The van der Waals surface area contributed by atoms with Crippen LogP contribution in [0.2, 0.25) is 0 Å². The molecule has 9 nitrogen and oxygen atoms in total. The summed E-state index contributed by atoms with van der Waals surface area (Å²) in [5.74, 6) is -1.44. The van der Waals surface area contributed by atoms with E-state index in [1.54, 1.807) is 41.5 Å². The normalized spacial score (nSPS) is 22.9. The summed E-state index contributed by atoms with van der Waals surface area (Å²) in [5, 5.41) is 21.4. The molecule has 3 aliphatic heterocycles. The fourth-order valence-electron chi connectivity index (χ4n) is 4.08. The number of nitrogens with zero attached hydrogens (tertiary/aromatic N) is 2. The van der Waals surface area contributed by atoms with Crippen molar-refractivity contribution in [3.8, 4) is 5.75 Å². The number of amides is 3. The molecule has 2 atom stereocenters. The smallest absolute Gasteiger partial charge is 1.00 e. The molecule has 2 fully saturated rings. The molecular weight excluding hydrogens is 489 g/mol. The zero-order valence-corrected chi connectivity index (χ0v) is 22.4. The molecule has 0 aliphatic carbocycles. The number of aliphatic carboxylic acids is 1. The molecule has 1 aromatic rings. The second-order valence-electron chi connectivity index (χ2n) is 7.88. The molecule has 1 aromatic carbocycles. The van der Waals surface area contributed by atoms with Crippen LogP contribution in [-0.2, 0) is 25.7 Å². The van der Waals surface area contributed by atoms with E-state index in [9.17, 15) is 29.4 Å². The molecule has 176 valence electrons. The molecule has 3 heterocycles. The number of allylic oxidation sites excluding steroid dienone is 1. The summed E-state index contributed by atoms with van der Waals surface area (Å²) in [6.45, 7) is 0.892. The number of carbonyl (C=O) groups is 4. The minimum atomic E-state index is -1.24. The maximum absolute atomic E-state index is 12.9. The van der Waals surface area contributed by atoms with Gasteiger partial charge in [0.25, 0.3) is 5.91 Å². The van der Waals surface area contributed by atoms with E-state index < -0.39 is 23.3 Å². The molecule has 0 bridgehead atoms. The monoisotopic (exact) mass is 513 g/mol. The number of fused-ring (bicyclic) bond motifs is 1. The first-order valence-corrected chi connectivity index (χ1v) is 12.7. The van der Waals surface area contributed by atoms with Crippen LogP contribution >= 0.6 is 23.5 Å². The predicted octanol–water partition coefficient (Wildman–Crippen LogP) is -1.73. The third-order valence-corrected chi connectivity index (χ3v) is 7.52. The van der Waals surface area contributed by atoms with Crippen molar-refractivity contribution in [2.24, 2.45) is 0 Å². The molecule has 2 saturated heterocycles. The number of aromatic hydroxyl groups is 1. The number of carboxylic acids is 1. The number of likely N-dealkylation sites (tertiary alicyclic amines) is 1. The molecule has 34 heavy (non-hydrogen) atoms. The van der Waals surface area contributed by atoms with Crippen molar-refractivity contribution < 1.29 is 60.4 Å². The summed E-state index contributed by atoms with van der Waals surface area (Å²) in [5.41, 5.74) is 1.67. The zero-order chi connectivity index (χ0) is 23.7. The second kappa shape index (κ2) is 11.2. The molecule has 0 saturated carbocycles. The van der Waals surface area contributed by atoms with Crippen molar-refractivity contribution in [1.29, 1.82) is 0 Å². The van der Waals surface area contributed by atoms with Gasteiger partial charge >= 0.3 is 35.5 Å². The molecule has 12 heteroatoms. The molecule has 3 N–H and O–H groups in total. The summed E-state index contributed by atoms with van der Waals surface area (Å²) >= 11 is 2.71. The van der Waals surface area contributed by atoms with E-state index >= 15 is 0 Å². The van der Waals surface area contributed by atoms with Gasteiger partial charge in [-0.3, -0.25) is 19.3 Å². The van der Waals surface area contributed by atoms with Crippen LogP contribution in [0, 0.1) is 0 Å². The van der Waals surface area contributed by atoms with Crippen molar-refractivity contribution in [1.82, 2.24) is 15.1 Å². The number of benzene rings is 1. The van der Waals surface area contributed by atoms with Gasteiger partial charge in [0.05, 0.1) is 5.75 Å². The van der Waals surface area contributed by atoms with Gasteiger partial charge in [-0.05, 0) is 42.0 Å². The third kappa shape index (κ3) is 5.33. The number of β-lactam (4-membered cyclic amide) rings is 1. The summed E-state index contributed by atoms with van der Waals surface area (Å²) in [4.78, 5) is 52.3. The quantitative estimate of drug-likeness (QED) is 0.223. The molecule has 3 amide bonds. The minimum Gasteiger partial charge on any atom is -1.00 e. The first-order chi connectivity index (χ1) is 15.8. The van der Waals surface area contributed by atoms with Gasteiger partial charge in [0, 0.05) is 24.4 Å². The number of thioether (sulfide) groups is 2. The number of nitrogens with one attached hydrogen (secondary N) is 1. The summed E-state index contributed by atoms with van der Waals surface area (Å²) in [7, 11) is 0. The Balaban J connectivity index is 0.00000216. The summed E-state index contributed by atoms with van der Waals surface area (Å²) in [6, 6.07) is 5.88. The number of carboxylic acid groups (broad SMARTS) is 1. The van der Waals surface area contributed by atoms with E-state index in [1.807, 2.05) is 0 Å². The van der Waals surface area contributed by atoms with E-state index in [4.69, 9.17) is 0 Å². The average molecular weight is 514 g/mol. The van der Waals surface area contributed by atoms with E-state index in [0.717, 1.165) is 5.56 Å². The van der Waals surface area contributed by atoms with Crippen molar-refractivity contribution in [2.45, 2.75) is 24.4 Å². The van der Waals surface area contributed by atoms with Gasteiger partial charge in [-0.2, -0.15) is 11.8 Å². The molecule has 0 aromatic heterocycles. The van der Waals surface area contributed by atoms with Gasteiger partial charge in [-0.15, -0.1) is 11.8 Å². The molecular formula is C22H24N3NaO6S2. The Bertz CT molecular complexity index is 1080. The number of hydrogen-bond donors (Lipinski definition) is 3. The Morgan fingerprint density at radius 3 is 2.65 bits per heavy atom. The fraction of sp³-hybridized carbons (Fsp3) is 0.364. The van der Waals surface area contributed by atoms with Gasteiger partial charge in [-0.25, -0.2) is 4.79 Å². The van der Waals surface area contributed by atoms with Gasteiger partial charge in [-0.1, -0.05) is 12.1 Å². The second-order valence-corrected chi connectivity index (χ2v) is 9.85. The summed E-state index contributed by atoms with van der Waals surface area (Å²) < 4.78 is 0. The van der Waals surface area contributed by atoms with Crippen LogP contribution in [0.1, 0.15) is 13.4 Å². The van der Waals surface area contributed by atoms with E-state index in [1.165, 1.54) is 28.4 Å². The maximum atomic E-state index is 12.9. The van der Waals surface area contributed by atoms with E-state index in [-0.39, 0.29) is 60.0 Å². The molecule has 4 rings (SSSR count). The van der Waals surface area contributed by atoms with E-state index in [2.05, 4.69) is 5.32 Å². The average Bonchev–Trinajstić information content (AvgIpc) is 3.12. The first-order valence-electron chi connectivity index (χ1n) is 10.3. The van der Waals surface area contributed by atoms with Gasteiger partial charge in [0.15, 0.2) is 0 Å². The van der Waals surface area contributed by atoms with Crippen molar-refractivity contribution in [2.75, 3.05) is 24.3 Å². The number of hydrogen-bond acceptors (Lipinski definition) is 7. The maximum Gasteiger partial charge on any atom is 1.00 e. The van der Waals surface area contributed by atoms with Crippen LogP contribution < -0.4 is 34.9 Å². The van der Waals surface area contributed by atoms with Gasteiger partial charge < -0.3 is 21.9 Å². The Hall–Kier alpha value is -1.92. The van der Waals surface area contributed by atoms with Crippen LogP contribution in [0.3, 0.4) is 0 Å². The van der Waals surface area contributed by atoms with Crippen molar-refractivity contribution in [3.05, 3.63) is 52.7 Å². The Morgan fingerprint density at radius 2 is 2.00 bits per heavy atom. The Labute approximate surface area is 228 Å². The fourth-order valence-corrected chi connectivity index (χ4v) is 5.74. The van der Waals surface area contributed by atoms with Crippen LogP contribution in [0.25, 0.3) is 0 Å². The molecule has 0 radical (unpaired) electrons.